The number of hydrogen-bond donors (Lipinski definition) is 1. The molecule has 2 N–H and O–H groups in total. The SMILES string of the molecule is CCOc1cc(C2C(C#N)=C(N)Oc3cc(OC(=O)/C=C/c4ccc(Cl)cc4)ccc32)ccc1OCc1ccccc1F. The van der Waals surface area contributed by atoms with E-state index >= 15 is 0 Å². The van der Waals surface area contributed by atoms with E-state index in [0.717, 1.165) is 5.56 Å². The number of carbonyl (C=O) groups excluding carboxylic acids is 1. The van der Waals surface area contributed by atoms with Gasteiger partial charge in [-0.25, -0.2) is 9.18 Å². The molecule has 0 aromatic heterocycles. The molecular formula is C34H26ClFN2O5. The van der Waals surface area contributed by atoms with Crippen molar-refractivity contribution in [2.75, 3.05) is 6.61 Å². The molecule has 0 saturated heterocycles. The molecular weight excluding hydrogens is 571 g/mol. The van der Waals surface area contributed by atoms with Crippen LogP contribution in [0.5, 0.6) is 23.0 Å². The van der Waals surface area contributed by atoms with Crippen molar-refractivity contribution in [2.45, 2.75) is 19.4 Å². The highest BCUT2D eigenvalue weighted by atomic mass is 35.5. The fraction of sp³-hybridized carbons (Fsp3) is 0.118. The molecule has 0 amide bonds. The van der Waals surface area contributed by atoms with Crippen LogP contribution in [0.1, 0.15) is 35.1 Å². The summed E-state index contributed by atoms with van der Waals surface area (Å²) in [5, 5.41) is 10.6. The van der Waals surface area contributed by atoms with Gasteiger partial charge in [-0.3, -0.25) is 0 Å². The Bertz CT molecular complexity index is 1760. The predicted octanol–water partition coefficient (Wildman–Crippen LogP) is 7.29. The quantitative estimate of drug-likeness (QED) is 0.123. The first kappa shape index (κ1) is 29.2. The molecule has 4 aromatic carbocycles. The van der Waals surface area contributed by atoms with Crippen LogP contribution in [0.4, 0.5) is 4.39 Å². The van der Waals surface area contributed by atoms with E-state index < -0.39 is 11.9 Å². The van der Waals surface area contributed by atoms with Crippen molar-refractivity contribution >= 4 is 23.6 Å². The maximum atomic E-state index is 14.1. The number of halogens is 2. The van der Waals surface area contributed by atoms with Crippen LogP contribution in [0.2, 0.25) is 5.02 Å². The number of nitrogens with zero attached hydrogens (tertiary/aromatic N) is 1. The summed E-state index contributed by atoms with van der Waals surface area (Å²) in [5.41, 5.74) is 8.92. The molecule has 0 saturated carbocycles. The lowest BCUT2D eigenvalue weighted by Crippen LogP contribution is -2.21. The summed E-state index contributed by atoms with van der Waals surface area (Å²) in [6, 6.07) is 25.7. The van der Waals surface area contributed by atoms with Crippen LogP contribution in [-0.2, 0) is 11.4 Å². The average molecular weight is 597 g/mol. The lowest BCUT2D eigenvalue weighted by molar-refractivity contribution is -0.128. The van der Waals surface area contributed by atoms with E-state index in [-0.39, 0.29) is 29.6 Å². The van der Waals surface area contributed by atoms with Crippen LogP contribution in [0.3, 0.4) is 0 Å². The maximum absolute atomic E-state index is 14.1. The molecule has 0 fully saturated rings. The molecule has 9 heteroatoms. The number of rotatable bonds is 9. The Morgan fingerprint density at radius 2 is 1.84 bits per heavy atom. The number of ether oxygens (including phenoxy) is 4. The molecule has 216 valence electrons. The smallest absolute Gasteiger partial charge is 0.336 e. The summed E-state index contributed by atoms with van der Waals surface area (Å²) in [7, 11) is 0. The van der Waals surface area contributed by atoms with Gasteiger partial charge in [0, 0.05) is 28.3 Å². The van der Waals surface area contributed by atoms with Crippen LogP contribution in [0.25, 0.3) is 6.08 Å². The highest BCUT2D eigenvalue weighted by Gasteiger charge is 2.32. The minimum atomic E-state index is -0.594. The van der Waals surface area contributed by atoms with E-state index in [1.165, 1.54) is 12.1 Å². The number of esters is 1. The molecule has 1 heterocycles. The Labute approximate surface area is 253 Å². The second kappa shape index (κ2) is 13.1. The third kappa shape index (κ3) is 6.80. The minimum absolute atomic E-state index is 0.0128. The van der Waals surface area contributed by atoms with E-state index in [0.29, 0.717) is 45.6 Å². The number of nitriles is 1. The predicted molar refractivity (Wildman–Crippen MR) is 160 cm³/mol. The number of allylic oxidation sites excluding steroid dienone is 1. The molecule has 43 heavy (non-hydrogen) atoms. The van der Waals surface area contributed by atoms with Crippen molar-refractivity contribution in [3.05, 3.63) is 136 Å². The first-order chi connectivity index (χ1) is 20.9. The van der Waals surface area contributed by atoms with Gasteiger partial charge < -0.3 is 24.7 Å². The molecule has 7 nitrogen and oxygen atoms in total. The van der Waals surface area contributed by atoms with Gasteiger partial charge in [0.25, 0.3) is 0 Å². The summed E-state index contributed by atoms with van der Waals surface area (Å²) in [5.74, 6) is -0.181. The summed E-state index contributed by atoms with van der Waals surface area (Å²) >= 11 is 5.90. The molecule has 1 unspecified atom stereocenters. The van der Waals surface area contributed by atoms with Gasteiger partial charge >= 0.3 is 5.97 Å². The van der Waals surface area contributed by atoms with Gasteiger partial charge in [0.15, 0.2) is 11.5 Å². The molecule has 0 spiro atoms. The number of benzene rings is 4. The first-order valence-electron chi connectivity index (χ1n) is 13.4. The molecule has 1 aliphatic heterocycles. The van der Waals surface area contributed by atoms with E-state index in [9.17, 15) is 14.4 Å². The van der Waals surface area contributed by atoms with Gasteiger partial charge in [-0.2, -0.15) is 5.26 Å². The lowest BCUT2D eigenvalue weighted by atomic mass is 9.83. The van der Waals surface area contributed by atoms with Crippen molar-refractivity contribution in [3.63, 3.8) is 0 Å². The Morgan fingerprint density at radius 3 is 2.58 bits per heavy atom. The van der Waals surface area contributed by atoms with Crippen molar-refractivity contribution in [2.24, 2.45) is 5.73 Å². The highest BCUT2D eigenvalue weighted by Crippen LogP contribution is 2.45. The normalized spacial score (nSPS) is 14.0. The van der Waals surface area contributed by atoms with Gasteiger partial charge in [0.1, 0.15) is 35.6 Å². The van der Waals surface area contributed by atoms with Crippen LogP contribution in [-0.4, -0.2) is 12.6 Å². The molecule has 4 aromatic rings. The summed E-state index contributed by atoms with van der Waals surface area (Å²) < 4.78 is 37.1. The Kier molecular flexibility index (Phi) is 8.94. The third-order valence-corrected chi connectivity index (χ3v) is 6.88. The van der Waals surface area contributed by atoms with Gasteiger partial charge in [0.05, 0.1) is 12.5 Å². The number of carbonyl (C=O) groups is 1. The highest BCUT2D eigenvalue weighted by molar-refractivity contribution is 6.30. The zero-order chi connectivity index (χ0) is 30.3. The van der Waals surface area contributed by atoms with Gasteiger partial charge in [-0.1, -0.05) is 54.1 Å². The summed E-state index contributed by atoms with van der Waals surface area (Å²) in [6.07, 6.45) is 2.92. The summed E-state index contributed by atoms with van der Waals surface area (Å²) in [6.45, 7) is 2.20. The minimum Gasteiger partial charge on any atom is -0.490 e. The zero-order valence-electron chi connectivity index (χ0n) is 23.1. The molecule has 0 radical (unpaired) electrons. The largest absolute Gasteiger partial charge is 0.490 e. The topological polar surface area (TPSA) is 104 Å². The van der Waals surface area contributed by atoms with Crippen molar-refractivity contribution < 1.29 is 28.1 Å². The van der Waals surface area contributed by atoms with Gasteiger partial charge in [0.2, 0.25) is 5.88 Å². The molecule has 5 rings (SSSR count). The second-order valence-electron chi connectivity index (χ2n) is 9.45. The van der Waals surface area contributed by atoms with Gasteiger partial charge in [-0.15, -0.1) is 0 Å². The number of fused-ring (bicyclic) bond motifs is 1. The monoisotopic (exact) mass is 596 g/mol. The van der Waals surface area contributed by atoms with E-state index in [2.05, 4.69) is 6.07 Å². The summed E-state index contributed by atoms with van der Waals surface area (Å²) in [4.78, 5) is 12.5. The Hall–Kier alpha value is -5.26. The second-order valence-corrected chi connectivity index (χ2v) is 9.89. The average Bonchev–Trinajstić information content (AvgIpc) is 3.00. The van der Waals surface area contributed by atoms with Crippen LogP contribution in [0, 0.1) is 17.1 Å². The van der Waals surface area contributed by atoms with Crippen LogP contribution >= 0.6 is 11.6 Å². The fourth-order valence-electron chi connectivity index (χ4n) is 4.59. The van der Waals surface area contributed by atoms with Crippen molar-refractivity contribution in [3.8, 4) is 29.1 Å². The molecule has 0 bridgehead atoms. The van der Waals surface area contributed by atoms with Crippen molar-refractivity contribution in [1.82, 2.24) is 0 Å². The number of hydrogen-bond acceptors (Lipinski definition) is 7. The maximum Gasteiger partial charge on any atom is 0.336 e. The Morgan fingerprint density at radius 1 is 1.05 bits per heavy atom. The van der Waals surface area contributed by atoms with E-state index in [1.54, 1.807) is 84.9 Å². The molecule has 1 aliphatic rings. The van der Waals surface area contributed by atoms with Gasteiger partial charge in [-0.05, 0) is 60.5 Å². The lowest BCUT2D eigenvalue weighted by Gasteiger charge is -2.27. The van der Waals surface area contributed by atoms with Crippen LogP contribution < -0.4 is 24.7 Å². The Balaban J connectivity index is 1.40. The molecule has 1 atom stereocenters. The fourth-order valence-corrected chi connectivity index (χ4v) is 4.72. The third-order valence-electron chi connectivity index (χ3n) is 6.63. The molecule has 0 aliphatic carbocycles. The first-order valence-corrected chi connectivity index (χ1v) is 13.7. The van der Waals surface area contributed by atoms with E-state index in [1.807, 2.05) is 6.92 Å². The number of nitrogens with two attached hydrogens (primary N) is 1. The van der Waals surface area contributed by atoms with E-state index in [4.69, 9.17) is 36.3 Å². The van der Waals surface area contributed by atoms with Crippen molar-refractivity contribution in [1.29, 1.82) is 5.26 Å². The van der Waals surface area contributed by atoms with Crippen LogP contribution in [0.15, 0.2) is 102 Å². The standard InChI is InChI=1S/C34H26ClFN2O5/c1-2-40-31-17-22(10-15-29(31)41-20-23-5-3-4-6-28(23)36)33-26-14-13-25(18-30(26)43-34(38)27(33)19-37)42-32(39)16-9-21-7-11-24(35)12-8-21/h3-18,33H,2,20,38H2,1H3/b16-9+. The zero-order valence-corrected chi connectivity index (χ0v) is 23.8.